The number of rotatable bonds is 5. The van der Waals surface area contributed by atoms with Crippen LogP contribution in [0.15, 0.2) is 4.99 Å². The molecule has 0 aromatic rings. The number of carbonyl (C=O) groups is 2. The Balaban J connectivity index is 0.00000364. The van der Waals surface area contributed by atoms with Gasteiger partial charge >= 0.3 is 0 Å². The number of likely N-dealkylation sites (tertiary alicyclic amines) is 1. The van der Waals surface area contributed by atoms with Gasteiger partial charge in [-0.1, -0.05) is 12.8 Å². The number of nitrogens with one attached hydrogen (secondary N) is 2. The van der Waals surface area contributed by atoms with Crippen LogP contribution < -0.4 is 10.6 Å². The van der Waals surface area contributed by atoms with Crippen molar-refractivity contribution in [2.45, 2.75) is 45.4 Å². The fraction of sp³-hybridized carbons (Fsp3) is 0.842. The summed E-state index contributed by atoms with van der Waals surface area (Å²) in [5, 5.41) is 6.78. The highest BCUT2D eigenvalue weighted by Gasteiger charge is 2.42. The molecule has 0 atom stereocenters. The van der Waals surface area contributed by atoms with Gasteiger partial charge in [-0.15, -0.1) is 24.0 Å². The molecule has 1 aliphatic heterocycles. The van der Waals surface area contributed by atoms with Crippen molar-refractivity contribution in [3.63, 3.8) is 0 Å². The van der Waals surface area contributed by atoms with Crippen LogP contribution in [0.2, 0.25) is 0 Å². The van der Waals surface area contributed by atoms with Crippen molar-refractivity contribution in [3.05, 3.63) is 0 Å². The molecule has 2 N–H and O–H groups in total. The summed E-state index contributed by atoms with van der Waals surface area (Å²) in [6.45, 7) is 4.80. The van der Waals surface area contributed by atoms with E-state index in [1.807, 2.05) is 19.0 Å². The lowest BCUT2D eigenvalue weighted by atomic mass is 9.84. The van der Waals surface area contributed by atoms with Crippen molar-refractivity contribution < 1.29 is 9.59 Å². The van der Waals surface area contributed by atoms with E-state index in [0.29, 0.717) is 12.5 Å². The predicted molar refractivity (Wildman–Crippen MR) is 119 cm³/mol. The van der Waals surface area contributed by atoms with Gasteiger partial charge in [0.1, 0.15) is 0 Å². The van der Waals surface area contributed by atoms with Crippen LogP contribution in [-0.2, 0) is 9.59 Å². The Hall–Kier alpha value is -1.06. The first kappa shape index (κ1) is 24.0. The molecule has 0 aromatic carbocycles. The maximum absolute atomic E-state index is 12.7. The van der Waals surface area contributed by atoms with Crippen molar-refractivity contribution >= 4 is 41.8 Å². The molecule has 156 valence electrons. The highest BCUT2D eigenvalue weighted by Crippen LogP contribution is 2.38. The van der Waals surface area contributed by atoms with Gasteiger partial charge in [-0.2, -0.15) is 0 Å². The molecule has 0 radical (unpaired) electrons. The molecule has 2 aliphatic rings. The first-order chi connectivity index (χ1) is 12.4. The van der Waals surface area contributed by atoms with E-state index >= 15 is 0 Å². The van der Waals surface area contributed by atoms with Crippen molar-refractivity contribution in [2.24, 2.45) is 16.3 Å². The lowest BCUT2D eigenvalue weighted by Crippen LogP contribution is -2.50. The average Bonchev–Trinajstić information content (AvgIpc) is 3.11. The highest BCUT2D eigenvalue weighted by molar-refractivity contribution is 14.0. The topological polar surface area (TPSA) is 77.0 Å². The third kappa shape index (κ3) is 6.50. The fourth-order valence-corrected chi connectivity index (χ4v) is 4.16. The van der Waals surface area contributed by atoms with Crippen LogP contribution >= 0.6 is 24.0 Å². The van der Waals surface area contributed by atoms with E-state index in [1.54, 1.807) is 18.9 Å². The maximum atomic E-state index is 12.7. The maximum Gasteiger partial charge on any atom is 0.230 e. The molecule has 8 heteroatoms. The summed E-state index contributed by atoms with van der Waals surface area (Å²) < 4.78 is 0. The smallest absolute Gasteiger partial charge is 0.230 e. The number of hydrogen-bond donors (Lipinski definition) is 2. The lowest BCUT2D eigenvalue weighted by molar-refractivity contribution is -0.138. The zero-order valence-electron chi connectivity index (χ0n) is 17.2. The monoisotopic (exact) mass is 493 g/mol. The molecule has 7 nitrogen and oxygen atoms in total. The zero-order valence-corrected chi connectivity index (χ0v) is 19.5. The van der Waals surface area contributed by atoms with E-state index in [4.69, 9.17) is 0 Å². The molecule has 0 bridgehead atoms. The Morgan fingerprint density at radius 3 is 2.22 bits per heavy atom. The van der Waals surface area contributed by atoms with E-state index in [2.05, 4.69) is 15.6 Å². The van der Waals surface area contributed by atoms with Crippen LogP contribution in [-0.4, -0.2) is 74.9 Å². The van der Waals surface area contributed by atoms with Gasteiger partial charge in [-0.3, -0.25) is 14.6 Å². The van der Waals surface area contributed by atoms with E-state index < -0.39 is 0 Å². The Morgan fingerprint density at radius 1 is 1.15 bits per heavy atom. The van der Waals surface area contributed by atoms with Crippen LogP contribution in [0, 0.1) is 11.3 Å². The Bertz CT molecular complexity index is 524. The van der Waals surface area contributed by atoms with Crippen LogP contribution in [0.25, 0.3) is 0 Å². The molecule has 0 aromatic heterocycles. The summed E-state index contributed by atoms with van der Waals surface area (Å²) in [6, 6.07) is 0. The van der Waals surface area contributed by atoms with Crippen molar-refractivity contribution in [3.8, 4) is 0 Å². The van der Waals surface area contributed by atoms with E-state index in [9.17, 15) is 9.59 Å². The summed E-state index contributed by atoms with van der Waals surface area (Å²) in [4.78, 5) is 32.0. The summed E-state index contributed by atoms with van der Waals surface area (Å²) in [5.74, 6) is 1.70. The van der Waals surface area contributed by atoms with Gasteiger partial charge in [0.15, 0.2) is 5.96 Å². The number of guanidine groups is 1. The van der Waals surface area contributed by atoms with E-state index in [0.717, 1.165) is 64.1 Å². The number of nitrogens with zero attached hydrogens (tertiary/aromatic N) is 3. The number of piperidine rings is 1. The van der Waals surface area contributed by atoms with Gasteiger partial charge in [-0.05, 0) is 31.6 Å². The largest absolute Gasteiger partial charge is 0.356 e. The van der Waals surface area contributed by atoms with E-state index in [-0.39, 0.29) is 41.2 Å². The summed E-state index contributed by atoms with van der Waals surface area (Å²) >= 11 is 0. The van der Waals surface area contributed by atoms with Gasteiger partial charge in [0.25, 0.3) is 0 Å². The molecule has 2 fully saturated rings. The molecule has 1 aliphatic carbocycles. The van der Waals surface area contributed by atoms with Crippen LogP contribution in [0.1, 0.15) is 45.4 Å². The predicted octanol–water partition coefficient (Wildman–Crippen LogP) is 1.68. The first-order valence-corrected chi connectivity index (χ1v) is 9.80. The van der Waals surface area contributed by atoms with Gasteiger partial charge in [0.05, 0.1) is 5.41 Å². The minimum absolute atomic E-state index is 0. The zero-order chi connectivity index (χ0) is 19.2. The number of hydrogen-bond acceptors (Lipinski definition) is 3. The van der Waals surface area contributed by atoms with Gasteiger partial charge in [0.2, 0.25) is 11.8 Å². The molecule has 1 heterocycles. The first-order valence-electron chi connectivity index (χ1n) is 9.80. The lowest BCUT2D eigenvalue weighted by Gasteiger charge is -2.33. The Labute approximate surface area is 180 Å². The SMILES string of the molecule is CN=C(NCC1CCN(C(C)=O)CC1)NCC1(C(=O)N(C)C)CCCC1.I. The normalized spacial score (nSPS) is 20.0. The number of halogens is 1. The third-order valence-corrected chi connectivity index (χ3v) is 5.86. The minimum atomic E-state index is -0.298. The second-order valence-corrected chi connectivity index (χ2v) is 7.94. The van der Waals surface area contributed by atoms with Crippen molar-refractivity contribution in [1.82, 2.24) is 20.4 Å². The van der Waals surface area contributed by atoms with Crippen LogP contribution in [0.4, 0.5) is 0 Å². The number of aliphatic imine (C=N–C) groups is 1. The van der Waals surface area contributed by atoms with Gasteiger partial charge < -0.3 is 20.4 Å². The Morgan fingerprint density at radius 2 is 1.74 bits per heavy atom. The van der Waals surface area contributed by atoms with E-state index in [1.165, 1.54) is 0 Å². The van der Waals surface area contributed by atoms with Crippen molar-refractivity contribution in [2.75, 3.05) is 47.3 Å². The number of amides is 2. The highest BCUT2D eigenvalue weighted by atomic mass is 127. The standard InChI is InChI=1S/C19H35N5O2.HI/c1-15(25)24-11-7-16(8-12-24)13-21-18(20-2)22-14-19(9-5-6-10-19)17(26)23(3)4;/h16H,5-14H2,1-4H3,(H2,20,21,22);1H. The second kappa shape index (κ2) is 11.1. The molecular formula is C19H36IN5O2. The summed E-state index contributed by atoms with van der Waals surface area (Å²) in [7, 11) is 5.44. The second-order valence-electron chi connectivity index (χ2n) is 7.94. The molecule has 27 heavy (non-hydrogen) atoms. The molecular weight excluding hydrogens is 457 g/mol. The molecule has 1 saturated carbocycles. The minimum Gasteiger partial charge on any atom is -0.356 e. The van der Waals surface area contributed by atoms with Crippen molar-refractivity contribution in [1.29, 1.82) is 0 Å². The molecule has 0 spiro atoms. The molecule has 0 unspecified atom stereocenters. The van der Waals surface area contributed by atoms with Gasteiger partial charge in [-0.25, -0.2) is 0 Å². The quantitative estimate of drug-likeness (QED) is 0.347. The van der Waals surface area contributed by atoms with Crippen LogP contribution in [0.5, 0.6) is 0 Å². The molecule has 1 saturated heterocycles. The third-order valence-electron chi connectivity index (χ3n) is 5.86. The van der Waals surface area contributed by atoms with Gasteiger partial charge in [0, 0.05) is 54.2 Å². The average molecular weight is 493 g/mol. The van der Waals surface area contributed by atoms with Crippen LogP contribution in [0.3, 0.4) is 0 Å². The summed E-state index contributed by atoms with van der Waals surface area (Å²) in [6.07, 6.45) is 6.15. The summed E-state index contributed by atoms with van der Waals surface area (Å²) in [5.41, 5.74) is -0.298. The fourth-order valence-electron chi connectivity index (χ4n) is 4.16. The molecule has 2 rings (SSSR count). The number of carbonyl (C=O) groups excluding carboxylic acids is 2. The Kier molecular flexibility index (Phi) is 9.83. The molecule has 2 amide bonds.